The van der Waals surface area contributed by atoms with Crippen LogP contribution in [-0.4, -0.2) is 22.1 Å². The van der Waals surface area contributed by atoms with E-state index in [4.69, 9.17) is 4.74 Å². The molecule has 2 aromatic heterocycles. The number of rotatable bonds is 5. The maximum absolute atomic E-state index is 5.22. The molecule has 3 rings (SSSR count). The summed E-state index contributed by atoms with van der Waals surface area (Å²) in [6.07, 6.45) is 4.40. The quantitative estimate of drug-likeness (QED) is 0.783. The average molecular weight is 293 g/mol. The molecular formula is C18H19N3O. The van der Waals surface area contributed by atoms with Crippen molar-refractivity contribution in [2.75, 3.05) is 7.11 Å². The van der Waals surface area contributed by atoms with Crippen LogP contribution >= 0.6 is 0 Å². The van der Waals surface area contributed by atoms with E-state index in [2.05, 4.69) is 46.1 Å². The first-order valence-corrected chi connectivity index (χ1v) is 7.31. The molecule has 0 aliphatic heterocycles. The molecular weight excluding hydrogens is 274 g/mol. The van der Waals surface area contributed by atoms with Crippen LogP contribution in [0, 0.1) is 6.92 Å². The maximum Gasteiger partial charge on any atom is 0.213 e. The van der Waals surface area contributed by atoms with Gasteiger partial charge in [-0.2, -0.15) is 0 Å². The van der Waals surface area contributed by atoms with Crippen molar-refractivity contribution in [2.45, 2.75) is 19.3 Å². The molecule has 4 heteroatoms. The number of H-pyrrole nitrogens is 1. The second kappa shape index (κ2) is 6.43. The van der Waals surface area contributed by atoms with E-state index in [1.807, 2.05) is 24.4 Å². The van der Waals surface area contributed by atoms with Crippen LogP contribution in [0.2, 0.25) is 0 Å². The third kappa shape index (κ3) is 3.17. The van der Waals surface area contributed by atoms with Crippen molar-refractivity contribution in [3.8, 4) is 5.88 Å². The van der Waals surface area contributed by atoms with Crippen LogP contribution in [-0.2, 0) is 6.42 Å². The molecule has 1 atom stereocenters. The minimum atomic E-state index is 0.196. The molecule has 0 saturated heterocycles. The van der Waals surface area contributed by atoms with E-state index >= 15 is 0 Å². The molecule has 0 spiro atoms. The molecule has 2 heterocycles. The Labute approximate surface area is 130 Å². The number of imidazole rings is 1. The largest absolute Gasteiger partial charge is 0.481 e. The average Bonchev–Trinajstić information content (AvgIpc) is 3.07. The van der Waals surface area contributed by atoms with Crippen molar-refractivity contribution in [3.05, 3.63) is 77.5 Å². The molecule has 0 amide bonds. The van der Waals surface area contributed by atoms with Crippen molar-refractivity contribution < 1.29 is 4.74 Å². The van der Waals surface area contributed by atoms with Gasteiger partial charge >= 0.3 is 0 Å². The number of ether oxygens (including phenoxy) is 1. The summed E-state index contributed by atoms with van der Waals surface area (Å²) in [6, 6.07) is 14.4. The molecule has 0 aliphatic carbocycles. The van der Waals surface area contributed by atoms with E-state index in [9.17, 15) is 0 Å². The Morgan fingerprint density at radius 2 is 2.05 bits per heavy atom. The Morgan fingerprint density at radius 3 is 2.77 bits per heavy atom. The smallest absolute Gasteiger partial charge is 0.213 e. The monoisotopic (exact) mass is 293 g/mol. The lowest BCUT2D eigenvalue weighted by atomic mass is 9.90. The number of methoxy groups -OCH3 is 1. The van der Waals surface area contributed by atoms with Crippen LogP contribution in [0.5, 0.6) is 5.88 Å². The summed E-state index contributed by atoms with van der Waals surface area (Å²) in [6.45, 7) is 2.11. The molecule has 0 saturated carbocycles. The zero-order valence-corrected chi connectivity index (χ0v) is 12.8. The lowest BCUT2D eigenvalue weighted by Crippen LogP contribution is -2.07. The fraction of sp³-hybridized carbons (Fsp3) is 0.222. The minimum absolute atomic E-state index is 0.196. The van der Waals surface area contributed by atoms with Gasteiger partial charge in [-0.25, -0.2) is 9.97 Å². The lowest BCUT2D eigenvalue weighted by Gasteiger charge is -2.16. The molecule has 0 bridgehead atoms. The number of nitrogens with zero attached hydrogens (tertiary/aromatic N) is 2. The number of pyridine rings is 1. The van der Waals surface area contributed by atoms with Crippen molar-refractivity contribution in [2.24, 2.45) is 0 Å². The number of hydrogen-bond donors (Lipinski definition) is 1. The Kier molecular flexibility index (Phi) is 4.19. The van der Waals surface area contributed by atoms with E-state index in [0.717, 1.165) is 17.8 Å². The second-order valence-electron chi connectivity index (χ2n) is 5.35. The van der Waals surface area contributed by atoms with Gasteiger partial charge < -0.3 is 9.72 Å². The van der Waals surface area contributed by atoms with Crippen molar-refractivity contribution >= 4 is 0 Å². The topological polar surface area (TPSA) is 50.8 Å². The van der Waals surface area contributed by atoms with Gasteiger partial charge in [-0.1, -0.05) is 35.9 Å². The van der Waals surface area contributed by atoms with Gasteiger partial charge in [0.2, 0.25) is 5.88 Å². The first-order valence-electron chi connectivity index (χ1n) is 7.31. The summed E-state index contributed by atoms with van der Waals surface area (Å²) in [5.74, 6) is 0.840. The standard InChI is InChI=1S/C18H19N3O/c1-13-5-3-6-14(9-13)16(17-11-19-12-20-17)10-15-7-4-8-18(21-15)22-2/h3-9,11-12,16H,10H2,1-2H3,(H,19,20)/t16-/m1/s1. The molecule has 1 N–H and O–H groups in total. The number of hydrogen-bond acceptors (Lipinski definition) is 3. The van der Waals surface area contributed by atoms with Gasteiger partial charge in [0.05, 0.1) is 13.4 Å². The summed E-state index contributed by atoms with van der Waals surface area (Å²) in [5, 5.41) is 0. The number of benzene rings is 1. The summed E-state index contributed by atoms with van der Waals surface area (Å²) in [4.78, 5) is 11.9. The van der Waals surface area contributed by atoms with E-state index < -0.39 is 0 Å². The molecule has 3 aromatic rings. The normalized spacial score (nSPS) is 12.1. The SMILES string of the molecule is COc1cccc(C[C@H](c2cccc(C)c2)c2cnc[nH]2)n1. The van der Waals surface area contributed by atoms with Crippen molar-refractivity contribution in [3.63, 3.8) is 0 Å². The first kappa shape index (κ1) is 14.3. The minimum Gasteiger partial charge on any atom is -0.481 e. The van der Waals surface area contributed by atoms with Gasteiger partial charge in [-0.05, 0) is 18.6 Å². The lowest BCUT2D eigenvalue weighted by molar-refractivity contribution is 0.396. The van der Waals surface area contributed by atoms with Crippen molar-refractivity contribution in [1.82, 2.24) is 15.0 Å². The highest BCUT2D eigenvalue weighted by Gasteiger charge is 2.17. The van der Waals surface area contributed by atoms with Crippen LogP contribution in [0.4, 0.5) is 0 Å². The summed E-state index contributed by atoms with van der Waals surface area (Å²) in [7, 11) is 1.64. The summed E-state index contributed by atoms with van der Waals surface area (Å²) < 4.78 is 5.22. The Balaban J connectivity index is 1.95. The number of nitrogens with one attached hydrogen (secondary N) is 1. The van der Waals surface area contributed by atoms with E-state index in [0.29, 0.717) is 5.88 Å². The Bertz CT molecular complexity index is 738. The number of aryl methyl sites for hydroxylation is 1. The molecule has 22 heavy (non-hydrogen) atoms. The zero-order valence-electron chi connectivity index (χ0n) is 12.8. The van der Waals surface area contributed by atoms with Gasteiger partial charge in [0, 0.05) is 36.0 Å². The fourth-order valence-corrected chi connectivity index (χ4v) is 2.65. The zero-order chi connectivity index (χ0) is 15.4. The molecule has 1 aromatic carbocycles. The van der Waals surface area contributed by atoms with Crippen molar-refractivity contribution in [1.29, 1.82) is 0 Å². The molecule has 0 unspecified atom stereocenters. The second-order valence-corrected chi connectivity index (χ2v) is 5.35. The number of aromatic amines is 1. The van der Waals surface area contributed by atoms with Crippen LogP contribution in [0.15, 0.2) is 55.0 Å². The molecule has 0 fully saturated rings. The highest BCUT2D eigenvalue weighted by atomic mass is 16.5. The third-order valence-corrected chi connectivity index (χ3v) is 3.74. The van der Waals surface area contributed by atoms with E-state index in [-0.39, 0.29) is 5.92 Å². The predicted molar refractivity (Wildman–Crippen MR) is 86.1 cm³/mol. The Hall–Kier alpha value is -2.62. The van der Waals surface area contributed by atoms with E-state index in [1.165, 1.54) is 11.1 Å². The summed E-state index contributed by atoms with van der Waals surface area (Å²) >= 11 is 0. The Morgan fingerprint density at radius 1 is 1.18 bits per heavy atom. The van der Waals surface area contributed by atoms with Crippen LogP contribution in [0.1, 0.15) is 28.4 Å². The summed E-state index contributed by atoms with van der Waals surface area (Å²) in [5.41, 5.74) is 4.60. The highest BCUT2D eigenvalue weighted by Crippen LogP contribution is 2.27. The van der Waals surface area contributed by atoms with Gasteiger partial charge in [0.1, 0.15) is 0 Å². The molecule has 112 valence electrons. The molecule has 0 radical (unpaired) electrons. The van der Waals surface area contributed by atoms with Crippen LogP contribution in [0.3, 0.4) is 0 Å². The van der Waals surface area contributed by atoms with Gasteiger partial charge in [-0.3, -0.25) is 0 Å². The van der Waals surface area contributed by atoms with Crippen LogP contribution in [0.25, 0.3) is 0 Å². The first-order chi connectivity index (χ1) is 10.8. The highest BCUT2D eigenvalue weighted by molar-refractivity contribution is 5.33. The van der Waals surface area contributed by atoms with Gasteiger partial charge in [0.25, 0.3) is 0 Å². The van der Waals surface area contributed by atoms with Crippen LogP contribution < -0.4 is 4.74 Å². The fourth-order valence-electron chi connectivity index (χ4n) is 2.65. The van der Waals surface area contributed by atoms with Gasteiger partial charge in [-0.15, -0.1) is 0 Å². The predicted octanol–water partition coefficient (Wildman–Crippen LogP) is 3.50. The van der Waals surface area contributed by atoms with Gasteiger partial charge in [0.15, 0.2) is 0 Å². The number of aromatic nitrogens is 3. The molecule has 0 aliphatic rings. The van der Waals surface area contributed by atoms with E-state index in [1.54, 1.807) is 13.4 Å². The molecule has 4 nitrogen and oxygen atoms in total. The third-order valence-electron chi connectivity index (χ3n) is 3.74. The maximum atomic E-state index is 5.22.